The summed E-state index contributed by atoms with van der Waals surface area (Å²) in [6, 6.07) is 1.60. The van der Waals surface area contributed by atoms with Gasteiger partial charge in [0.2, 0.25) is 0 Å². The van der Waals surface area contributed by atoms with Gasteiger partial charge in [-0.25, -0.2) is 0 Å². The van der Waals surface area contributed by atoms with Crippen molar-refractivity contribution in [2.75, 3.05) is 19.6 Å². The summed E-state index contributed by atoms with van der Waals surface area (Å²) in [7, 11) is 0. The van der Waals surface area contributed by atoms with E-state index in [2.05, 4.69) is 31.0 Å². The highest BCUT2D eigenvalue weighted by Crippen LogP contribution is 2.25. The van der Waals surface area contributed by atoms with Gasteiger partial charge in [-0.15, -0.1) is 0 Å². The molecule has 0 unspecified atom stereocenters. The molecule has 2 heteroatoms. The van der Waals surface area contributed by atoms with Gasteiger partial charge < -0.3 is 10.2 Å². The third-order valence-electron chi connectivity index (χ3n) is 5.65. The second-order valence-corrected chi connectivity index (χ2v) is 6.94. The van der Waals surface area contributed by atoms with E-state index in [1.165, 1.54) is 64.6 Å². The zero-order chi connectivity index (χ0) is 13.7. The summed E-state index contributed by atoms with van der Waals surface area (Å²) in [6.45, 7) is 11.0. The predicted octanol–water partition coefficient (Wildman–Crippen LogP) is 3.67. The molecular weight excluding hydrogens is 232 g/mol. The molecule has 2 fully saturated rings. The largest absolute Gasteiger partial charge is 0.314 e. The minimum absolute atomic E-state index is 0.789. The van der Waals surface area contributed by atoms with Crippen molar-refractivity contribution in [2.45, 2.75) is 77.8 Å². The molecule has 0 aromatic rings. The molecule has 2 rings (SSSR count). The maximum atomic E-state index is 3.77. The van der Waals surface area contributed by atoms with Crippen molar-refractivity contribution in [1.29, 1.82) is 0 Å². The van der Waals surface area contributed by atoms with E-state index in [4.69, 9.17) is 0 Å². The van der Waals surface area contributed by atoms with Crippen molar-refractivity contribution < 1.29 is 0 Å². The average molecular weight is 266 g/mol. The second kappa shape index (κ2) is 7.64. The summed E-state index contributed by atoms with van der Waals surface area (Å²) in [6.07, 6.45) is 9.78. The van der Waals surface area contributed by atoms with E-state index in [9.17, 15) is 0 Å². The van der Waals surface area contributed by atoms with Crippen molar-refractivity contribution in [2.24, 2.45) is 11.8 Å². The molecule has 1 N–H and O–H groups in total. The van der Waals surface area contributed by atoms with Crippen LogP contribution in [0.1, 0.15) is 65.7 Å². The maximum Gasteiger partial charge on any atom is 0.00794 e. The Bertz CT molecular complexity index is 246. The summed E-state index contributed by atoms with van der Waals surface area (Å²) >= 11 is 0. The predicted molar refractivity (Wildman–Crippen MR) is 83.5 cm³/mol. The third kappa shape index (κ3) is 4.46. The van der Waals surface area contributed by atoms with Crippen LogP contribution in [0.3, 0.4) is 0 Å². The van der Waals surface area contributed by atoms with Gasteiger partial charge >= 0.3 is 0 Å². The van der Waals surface area contributed by atoms with Gasteiger partial charge in [-0.3, -0.25) is 0 Å². The lowest BCUT2D eigenvalue weighted by Crippen LogP contribution is -2.45. The highest BCUT2D eigenvalue weighted by atomic mass is 15.2. The molecule has 2 heterocycles. The first-order valence-electron chi connectivity index (χ1n) is 8.70. The number of hydrogen-bond donors (Lipinski definition) is 1. The van der Waals surface area contributed by atoms with Crippen LogP contribution in [-0.4, -0.2) is 36.6 Å². The van der Waals surface area contributed by atoms with Crippen LogP contribution in [0.5, 0.6) is 0 Å². The van der Waals surface area contributed by atoms with Gasteiger partial charge in [-0.1, -0.05) is 26.7 Å². The first kappa shape index (κ1) is 15.3. The Hall–Kier alpha value is -0.0800. The number of nitrogens with one attached hydrogen (secondary N) is 1. The molecule has 2 aliphatic heterocycles. The molecule has 4 atom stereocenters. The molecule has 0 radical (unpaired) electrons. The summed E-state index contributed by atoms with van der Waals surface area (Å²) in [4.78, 5) is 2.76. The number of rotatable bonds is 5. The summed E-state index contributed by atoms with van der Waals surface area (Å²) < 4.78 is 0. The zero-order valence-corrected chi connectivity index (χ0v) is 13.3. The molecule has 0 saturated carbocycles. The highest BCUT2D eigenvalue weighted by molar-refractivity contribution is 4.82. The Kier molecular flexibility index (Phi) is 6.15. The Balaban J connectivity index is 1.69. The number of likely N-dealkylation sites (tertiary alicyclic amines) is 1. The first-order chi connectivity index (χ1) is 9.22. The van der Waals surface area contributed by atoms with Crippen LogP contribution in [0.25, 0.3) is 0 Å². The quantitative estimate of drug-likeness (QED) is 0.817. The molecule has 19 heavy (non-hydrogen) atoms. The van der Waals surface area contributed by atoms with Crippen LogP contribution in [0.15, 0.2) is 0 Å². The Labute approximate surface area is 120 Å². The lowest BCUT2D eigenvalue weighted by molar-refractivity contribution is 0.108. The average Bonchev–Trinajstić information content (AvgIpc) is 2.47. The fraction of sp³-hybridized carbons (Fsp3) is 1.00. The van der Waals surface area contributed by atoms with E-state index >= 15 is 0 Å². The zero-order valence-electron chi connectivity index (χ0n) is 13.3. The summed E-state index contributed by atoms with van der Waals surface area (Å²) in [5.74, 6) is 1.90. The number of piperidine rings is 2. The molecule has 0 bridgehead atoms. The van der Waals surface area contributed by atoms with Crippen LogP contribution < -0.4 is 5.32 Å². The fourth-order valence-corrected chi connectivity index (χ4v) is 3.80. The molecule has 0 aliphatic carbocycles. The first-order valence-corrected chi connectivity index (χ1v) is 8.70. The lowest BCUT2D eigenvalue weighted by atomic mass is 9.89. The van der Waals surface area contributed by atoms with Gasteiger partial charge in [-0.05, 0) is 64.0 Å². The van der Waals surface area contributed by atoms with Crippen LogP contribution >= 0.6 is 0 Å². The van der Waals surface area contributed by atoms with Gasteiger partial charge in [0.1, 0.15) is 0 Å². The molecular formula is C17H34N2. The van der Waals surface area contributed by atoms with E-state index in [0.29, 0.717) is 0 Å². The molecule has 2 nitrogen and oxygen atoms in total. The Morgan fingerprint density at radius 1 is 1.00 bits per heavy atom. The SMILES string of the molecule is CC[C@@H]1CC[C@H](CCN2C[C@@H](CC)CC[C@@H]2C)NC1. The summed E-state index contributed by atoms with van der Waals surface area (Å²) in [5.41, 5.74) is 0. The van der Waals surface area contributed by atoms with Gasteiger partial charge in [-0.2, -0.15) is 0 Å². The third-order valence-corrected chi connectivity index (χ3v) is 5.65. The molecule has 0 amide bonds. The van der Waals surface area contributed by atoms with Crippen LogP contribution in [-0.2, 0) is 0 Å². The van der Waals surface area contributed by atoms with Crippen LogP contribution in [0.4, 0.5) is 0 Å². The molecule has 112 valence electrons. The molecule has 0 aromatic heterocycles. The van der Waals surface area contributed by atoms with E-state index in [1.807, 2.05) is 0 Å². The number of nitrogens with zero attached hydrogens (tertiary/aromatic N) is 1. The van der Waals surface area contributed by atoms with Crippen molar-refractivity contribution in [3.05, 3.63) is 0 Å². The van der Waals surface area contributed by atoms with E-state index < -0.39 is 0 Å². The fourth-order valence-electron chi connectivity index (χ4n) is 3.80. The molecule has 2 saturated heterocycles. The van der Waals surface area contributed by atoms with Crippen molar-refractivity contribution in [3.63, 3.8) is 0 Å². The monoisotopic (exact) mass is 266 g/mol. The minimum Gasteiger partial charge on any atom is -0.314 e. The van der Waals surface area contributed by atoms with Crippen molar-refractivity contribution in [1.82, 2.24) is 10.2 Å². The van der Waals surface area contributed by atoms with E-state index in [1.54, 1.807) is 0 Å². The Morgan fingerprint density at radius 2 is 1.74 bits per heavy atom. The van der Waals surface area contributed by atoms with Crippen molar-refractivity contribution in [3.8, 4) is 0 Å². The van der Waals surface area contributed by atoms with Crippen molar-refractivity contribution >= 4 is 0 Å². The van der Waals surface area contributed by atoms with Gasteiger partial charge in [0, 0.05) is 18.6 Å². The smallest absolute Gasteiger partial charge is 0.00794 e. The van der Waals surface area contributed by atoms with Gasteiger partial charge in [0.25, 0.3) is 0 Å². The maximum absolute atomic E-state index is 3.77. The van der Waals surface area contributed by atoms with Gasteiger partial charge in [0.05, 0.1) is 0 Å². The van der Waals surface area contributed by atoms with Gasteiger partial charge in [0.15, 0.2) is 0 Å². The van der Waals surface area contributed by atoms with E-state index in [-0.39, 0.29) is 0 Å². The normalized spacial score (nSPS) is 37.4. The second-order valence-electron chi connectivity index (χ2n) is 6.94. The van der Waals surface area contributed by atoms with Crippen LogP contribution in [0.2, 0.25) is 0 Å². The van der Waals surface area contributed by atoms with Crippen LogP contribution in [0, 0.1) is 11.8 Å². The standard InChI is InChI=1S/C17H34N2/c1-4-15-8-9-17(18-12-15)10-11-19-13-16(5-2)7-6-14(19)3/h14-18H,4-13H2,1-3H3/t14-,15+,16-,17+/m0/s1. The lowest BCUT2D eigenvalue weighted by Gasteiger charge is -2.39. The topological polar surface area (TPSA) is 15.3 Å². The Morgan fingerprint density at radius 3 is 2.37 bits per heavy atom. The number of hydrogen-bond acceptors (Lipinski definition) is 2. The van der Waals surface area contributed by atoms with E-state index in [0.717, 1.165) is 23.9 Å². The highest BCUT2D eigenvalue weighted by Gasteiger charge is 2.25. The minimum atomic E-state index is 0.789. The molecule has 2 aliphatic rings. The summed E-state index contributed by atoms with van der Waals surface area (Å²) in [5, 5.41) is 3.77. The molecule has 0 spiro atoms. The molecule has 0 aromatic carbocycles.